The van der Waals surface area contributed by atoms with Gasteiger partial charge in [0.05, 0.1) is 0 Å². The topological polar surface area (TPSA) is 0 Å². The molecule has 0 aromatic carbocycles. The van der Waals surface area contributed by atoms with Gasteiger partial charge in [0.2, 0.25) is 0 Å². The van der Waals surface area contributed by atoms with Crippen LogP contribution in [0.3, 0.4) is 0 Å². The molecule has 1 fully saturated rings. The normalized spacial score (nSPS) is 30.9. The van der Waals surface area contributed by atoms with Gasteiger partial charge in [0.15, 0.2) is 0 Å². The van der Waals surface area contributed by atoms with Gasteiger partial charge in [-0.2, -0.15) is 0 Å². The van der Waals surface area contributed by atoms with Crippen LogP contribution in [0.4, 0.5) is 0 Å². The van der Waals surface area contributed by atoms with Crippen LogP contribution in [0.15, 0.2) is 0 Å². The summed E-state index contributed by atoms with van der Waals surface area (Å²) in [6.07, 6.45) is 4.22. The van der Waals surface area contributed by atoms with E-state index in [1.807, 2.05) is 0 Å². The molecule has 0 radical (unpaired) electrons. The molecular formula is C5H9AuClS. The maximum atomic E-state index is 5.76. The molecule has 0 aliphatic carbocycles. The van der Waals surface area contributed by atoms with E-state index in [9.17, 15) is 0 Å². The van der Waals surface area contributed by atoms with E-state index in [0.717, 1.165) is 3.47 Å². The third-order valence-corrected chi connectivity index (χ3v) is 7.02. The number of halogens is 1. The second kappa shape index (κ2) is 4.24. The third-order valence-electron chi connectivity index (χ3n) is 1.16. The minimum absolute atomic E-state index is 0.118. The van der Waals surface area contributed by atoms with Gasteiger partial charge in [-0.25, -0.2) is 0 Å². The summed E-state index contributed by atoms with van der Waals surface area (Å²) < 4.78 is 0.866. The summed E-state index contributed by atoms with van der Waals surface area (Å²) in [5.41, 5.74) is 0. The Labute approximate surface area is 67.9 Å². The number of hydrogen-bond donors (Lipinski definition) is 0. The first-order valence-corrected chi connectivity index (χ1v) is 7.70. The molecule has 0 spiro atoms. The molecule has 3 heteroatoms. The molecule has 8 heavy (non-hydrogen) atoms. The van der Waals surface area contributed by atoms with Gasteiger partial charge in [0.25, 0.3) is 0 Å². The predicted octanol–water partition coefficient (Wildman–Crippen LogP) is 2.47. The molecule has 0 aromatic rings. The molecule has 0 N–H and O–H groups in total. The molecule has 1 aliphatic rings. The van der Waals surface area contributed by atoms with Crippen LogP contribution in [0, 0.1) is 0 Å². The Balaban J connectivity index is 2.13. The van der Waals surface area contributed by atoms with Crippen molar-refractivity contribution in [2.75, 3.05) is 5.75 Å². The van der Waals surface area contributed by atoms with Crippen LogP contribution in [0.5, 0.6) is 0 Å². The van der Waals surface area contributed by atoms with Gasteiger partial charge < -0.3 is 0 Å². The summed E-state index contributed by atoms with van der Waals surface area (Å²) in [6, 6.07) is 0. The van der Waals surface area contributed by atoms with Crippen molar-refractivity contribution in [2.24, 2.45) is 0 Å². The van der Waals surface area contributed by atoms with Gasteiger partial charge in [-0.3, -0.25) is 0 Å². The van der Waals surface area contributed by atoms with Crippen molar-refractivity contribution >= 4 is 21.0 Å². The zero-order valence-corrected chi connectivity index (χ0v) is 8.23. The Kier molecular flexibility index (Phi) is 3.96. The Morgan fingerprint density at radius 3 is 2.75 bits per heavy atom. The number of rotatable bonds is 1. The van der Waals surface area contributed by atoms with Crippen molar-refractivity contribution in [3.8, 4) is 0 Å². The molecule has 1 atom stereocenters. The van der Waals surface area contributed by atoms with Gasteiger partial charge in [-0.05, 0) is 0 Å². The van der Waals surface area contributed by atoms with E-state index in [-0.39, 0.29) is 18.7 Å². The molecule has 0 saturated carbocycles. The van der Waals surface area contributed by atoms with E-state index in [4.69, 9.17) is 9.19 Å². The van der Waals surface area contributed by atoms with Gasteiger partial charge in [0.1, 0.15) is 0 Å². The fourth-order valence-electron chi connectivity index (χ4n) is 0.729. The monoisotopic (exact) mass is 333 g/mol. The van der Waals surface area contributed by atoms with Crippen molar-refractivity contribution in [1.29, 1.82) is 0 Å². The van der Waals surface area contributed by atoms with Crippen LogP contribution in [0.25, 0.3) is 0 Å². The van der Waals surface area contributed by atoms with Gasteiger partial charge in [-0.1, -0.05) is 0 Å². The van der Waals surface area contributed by atoms with Crippen LogP contribution in [-0.2, 0) is 18.7 Å². The summed E-state index contributed by atoms with van der Waals surface area (Å²) >= 11 is 2.19. The summed E-state index contributed by atoms with van der Waals surface area (Å²) in [7, 11) is 5.76. The molecule has 1 unspecified atom stereocenters. The zero-order valence-electron chi connectivity index (χ0n) is 4.49. The Morgan fingerprint density at radius 2 is 2.38 bits per heavy atom. The van der Waals surface area contributed by atoms with Crippen LogP contribution in [-0.4, -0.2) is 9.22 Å². The quantitative estimate of drug-likeness (QED) is 0.664. The first-order valence-electron chi connectivity index (χ1n) is 2.72. The van der Waals surface area contributed by atoms with Crippen molar-refractivity contribution in [3.05, 3.63) is 0 Å². The van der Waals surface area contributed by atoms with Crippen molar-refractivity contribution in [2.45, 2.75) is 22.7 Å². The first-order chi connectivity index (χ1) is 3.93. The summed E-state index contributed by atoms with van der Waals surface area (Å²) in [5, 5.41) is 0. The van der Waals surface area contributed by atoms with E-state index < -0.39 is 0 Å². The van der Waals surface area contributed by atoms with Crippen LogP contribution < -0.4 is 0 Å². The SMILES string of the molecule is [Cl][Au][CH]1CCCCS1. The second-order valence-corrected chi connectivity index (χ2v) is 6.98. The fourth-order valence-corrected chi connectivity index (χ4v) is 5.03. The molecule has 0 aromatic heterocycles. The predicted molar refractivity (Wildman–Crippen MR) is 36.0 cm³/mol. The number of hydrogen-bond acceptors (Lipinski definition) is 1. The Bertz CT molecular complexity index is 63.4. The van der Waals surface area contributed by atoms with E-state index in [1.54, 1.807) is 0 Å². The molecule has 1 saturated heterocycles. The number of thioether (sulfide) groups is 1. The molecule has 0 amide bonds. The van der Waals surface area contributed by atoms with Crippen LogP contribution >= 0.6 is 21.0 Å². The minimum atomic E-state index is 0.118. The first kappa shape index (κ1) is 7.49. The summed E-state index contributed by atoms with van der Waals surface area (Å²) in [6.45, 7) is 0. The van der Waals surface area contributed by atoms with Gasteiger partial charge in [0, 0.05) is 0 Å². The molecule has 1 rings (SSSR count). The van der Waals surface area contributed by atoms with Crippen molar-refractivity contribution < 1.29 is 18.7 Å². The van der Waals surface area contributed by atoms with E-state index >= 15 is 0 Å². The summed E-state index contributed by atoms with van der Waals surface area (Å²) in [4.78, 5) is 0. The molecule has 53 valence electrons. The molecule has 0 nitrogen and oxygen atoms in total. The molecule has 0 bridgehead atoms. The Morgan fingerprint density at radius 1 is 1.50 bits per heavy atom. The van der Waals surface area contributed by atoms with E-state index in [1.165, 1.54) is 25.0 Å². The van der Waals surface area contributed by atoms with E-state index in [0.29, 0.717) is 0 Å². The zero-order chi connectivity index (χ0) is 5.82. The van der Waals surface area contributed by atoms with E-state index in [2.05, 4.69) is 11.8 Å². The fraction of sp³-hybridized carbons (Fsp3) is 1.00. The summed E-state index contributed by atoms with van der Waals surface area (Å²) in [5.74, 6) is 1.36. The molecule has 1 aliphatic heterocycles. The van der Waals surface area contributed by atoms with Crippen LogP contribution in [0.2, 0.25) is 0 Å². The second-order valence-electron chi connectivity index (χ2n) is 1.79. The van der Waals surface area contributed by atoms with Gasteiger partial charge in [-0.15, -0.1) is 0 Å². The standard InChI is InChI=1S/C5H9S.Au.ClH/c1-2-4-6-5-3-1;;/h4H,1-3,5H2;;1H/q;+1;/p-1. The average Bonchev–Trinajstić information content (AvgIpc) is 1.90. The third kappa shape index (κ3) is 2.32. The van der Waals surface area contributed by atoms with Crippen LogP contribution in [0.1, 0.15) is 19.3 Å². The molecular weight excluding hydrogens is 325 g/mol. The van der Waals surface area contributed by atoms with Crippen molar-refractivity contribution in [1.82, 2.24) is 0 Å². The maximum absolute atomic E-state index is 5.76. The average molecular weight is 334 g/mol. The van der Waals surface area contributed by atoms with Crippen molar-refractivity contribution in [3.63, 3.8) is 0 Å². The molecule has 1 heterocycles. The van der Waals surface area contributed by atoms with Gasteiger partial charge >= 0.3 is 68.1 Å². The Hall–Kier alpha value is 1.38.